The van der Waals surface area contributed by atoms with E-state index in [1.54, 1.807) is 24.1 Å². The van der Waals surface area contributed by atoms with E-state index in [1.807, 2.05) is 32.6 Å². The van der Waals surface area contributed by atoms with Crippen molar-refractivity contribution < 1.29 is 22.4 Å². The molecule has 0 bridgehead atoms. The summed E-state index contributed by atoms with van der Waals surface area (Å²) in [7, 11) is 0. The summed E-state index contributed by atoms with van der Waals surface area (Å²) in [5.74, 6) is -3.70. The summed E-state index contributed by atoms with van der Waals surface area (Å²) in [6.45, 7) is 13.6. The van der Waals surface area contributed by atoms with Gasteiger partial charge in [-0.2, -0.15) is 4.98 Å². The summed E-state index contributed by atoms with van der Waals surface area (Å²) in [6, 6.07) is 4.60. The molecule has 2 atom stereocenters. The minimum Gasteiger partial charge on any atom is -0.464 e. The summed E-state index contributed by atoms with van der Waals surface area (Å²) >= 11 is 0. The lowest BCUT2D eigenvalue weighted by Crippen LogP contribution is -2.58. The molecule has 6 rings (SSSR count). The number of pyridine rings is 2. The van der Waals surface area contributed by atoms with Crippen molar-refractivity contribution >= 4 is 33.7 Å². The quantitative estimate of drug-likeness (QED) is 0.222. The molecule has 12 heteroatoms. The van der Waals surface area contributed by atoms with Crippen LogP contribution in [0.3, 0.4) is 0 Å². The maximum absolute atomic E-state index is 16.2. The van der Waals surface area contributed by atoms with Crippen LogP contribution in [0.2, 0.25) is 0 Å². The first-order valence-corrected chi connectivity index (χ1v) is 14.6. The van der Waals surface area contributed by atoms with E-state index in [2.05, 4.69) is 21.5 Å². The van der Waals surface area contributed by atoms with Crippen LogP contribution in [0.4, 0.5) is 19.0 Å². The number of benzene rings is 1. The molecular weight excluding hydrogens is 585 g/mol. The maximum atomic E-state index is 16.2. The molecule has 0 aliphatic carbocycles. The molecule has 4 aromatic heterocycles. The summed E-state index contributed by atoms with van der Waals surface area (Å²) in [4.78, 5) is 43.6. The number of rotatable bonds is 5. The Morgan fingerprint density at radius 3 is 2.47 bits per heavy atom. The topological polar surface area (TPSA) is 97.4 Å². The normalized spacial score (nSPS) is 17.1. The molecule has 1 fully saturated rings. The first kappa shape index (κ1) is 30.0. The Balaban J connectivity index is 1.70. The van der Waals surface area contributed by atoms with Gasteiger partial charge in [-0.15, -0.1) is 0 Å². The van der Waals surface area contributed by atoms with E-state index in [0.717, 1.165) is 12.1 Å². The highest BCUT2D eigenvalue weighted by molar-refractivity contribution is 5.96. The van der Waals surface area contributed by atoms with Gasteiger partial charge < -0.3 is 14.2 Å². The molecule has 1 amide bonds. The molecule has 1 aliphatic heterocycles. The average Bonchev–Trinajstić information content (AvgIpc) is 3.45. The number of nitrogens with zero attached hydrogens (tertiary/aromatic N) is 6. The lowest BCUT2D eigenvalue weighted by molar-refractivity contribution is -0.127. The molecule has 0 spiro atoms. The van der Waals surface area contributed by atoms with E-state index in [0.29, 0.717) is 30.0 Å². The zero-order valence-corrected chi connectivity index (χ0v) is 25.4. The van der Waals surface area contributed by atoms with Crippen LogP contribution in [0.1, 0.15) is 44.9 Å². The number of carbonyl (C=O) groups excluding carboxylic acids is 1. The molecule has 0 N–H and O–H groups in total. The Kier molecular flexibility index (Phi) is 7.46. The fourth-order valence-electron chi connectivity index (χ4n) is 6.28. The molecule has 45 heavy (non-hydrogen) atoms. The molecule has 232 valence electrons. The minimum atomic E-state index is -1.34. The first-order chi connectivity index (χ1) is 21.4. The number of anilines is 1. The highest BCUT2D eigenvalue weighted by atomic mass is 19.2. The SMILES string of the molecule is C=CC(=O)N1C[C@H](C)N(c2nc(=O)n(-c3c(C)ccnc3C(C)C)c3nc(-c4c(F)c(F)cc5ccoc45)c(F)cc23)[C@@H](C)C1. The van der Waals surface area contributed by atoms with E-state index in [9.17, 15) is 14.0 Å². The number of furan rings is 1. The standard InChI is InChI=1S/C33H31F3N6O3/c1-7-24(43)40-14-18(5)41(19(6)15-40)32-21-13-23(35)28(25-26(36)22(34)12-20-9-11-45-30(20)25)38-31(21)42(33(44)39-32)29-17(4)8-10-37-27(29)16(2)3/h7-13,16,18-19H,1,14-15H2,2-6H3/t18-,19-/m0/s1. The van der Waals surface area contributed by atoms with Gasteiger partial charge in [0.2, 0.25) is 5.91 Å². The van der Waals surface area contributed by atoms with Gasteiger partial charge in [0.05, 0.1) is 28.6 Å². The number of hydrogen-bond donors (Lipinski definition) is 0. The van der Waals surface area contributed by atoms with Crippen molar-refractivity contribution in [1.29, 1.82) is 0 Å². The second kappa shape index (κ2) is 11.2. The van der Waals surface area contributed by atoms with Gasteiger partial charge in [0.15, 0.2) is 23.1 Å². The van der Waals surface area contributed by atoms with Gasteiger partial charge in [-0.1, -0.05) is 20.4 Å². The smallest absolute Gasteiger partial charge is 0.355 e. The highest BCUT2D eigenvalue weighted by Gasteiger charge is 2.35. The molecule has 0 unspecified atom stereocenters. The molecule has 1 aromatic carbocycles. The predicted molar refractivity (Wildman–Crippen MR) is 165 cm³/mol. The largest absolute Gasteiger partial charge is 0.464 e. The average molecular weight is 617 g/mol. The van der Waals surface area contributed by atoms with Crippen molar-refractivity contribution in [2.24, 2.45) is 0 Å². The number of aryl methyl sites for hydroxylation is 1. The number of amides is 1. The summed E-state index contributed by atoms with van der Waals surface area (Å²) in [5, 5.41) is 0.390. The van der Waals surface area contributed by atoms with Gasteiger partial charge in [-0.05, 0) is 62.6 Å². The molecule has 1 aliphatic rings. The maximum Gasteiger partial charge on any atom is 0.355 e. The Morgan fingerprint density at radius 2 is 1.80 bits per heavy atom. The molecule has 5 heterocycles. The second-order valence-electron chi connectivity index (χ2n) is 11.7. The van der Waals surface area contributed by atoms with E-state index in [4.69, 9.17) is 4.42 Å². The molecule has 0 radical (unpaired) electrons. The molecular formula is C33H31F3N6O3. The number of aromatic nitrogens is 4. The Morgan fingerprint density at radius 1 is 1.09 bits per heavy atom. The van der Waals surface area contributed by atoms with E-state index in [-0.39, 0.29) is 51.7 Å². The van der Waals surface area contributed by atoms with Gasteiger partial charge >= 0.3 is 5.69 Å². The van der Waals surface area contributed by atoms with Crippen LogP contribution in [0, 0.1) is 24.4 Å². The van der Waals surface area contributed by atoms with Gasteiger partial charge in [-0.25, -0.2) is 27.5 Å². The number of halogens is 3. The Bertz CT molecular complexity index is 2060. The van der Waals surface area contributed by atoms with Crippen molar-refractivity contribution in [2.45, 2.75) is 52.6 Å². The van der Waals surface area contributed by atoms with Gasteiger partial charge in [0.25, 0.3) is 0 Å². The monoisotopic (exact) mass is 616 g/mol. The van der Waals surface area contributed by atoms with Gasteiger partial charge in [0, 0.05) is 36.8 Å². The first-order valence-electron chi connectivity index (χ1n) is 14.6. The van der Waals surface area contributed by atoms with Crippen molar-refractivity contribution in [3.8, 4) is 16.9 Å². The third-order valence-electron chi connectivity index (χ3n) is 8.25. The van der Waals surface area contributed by atoms with E-state index in [1.165, 1.54) is 23.0 Å². The fourth-order valence-corrected chi connectivity index (χ4v) is 6.28. The van der Waals surface area contributed by atoms with Crippen molar-refractivity contribution in [3.05, 3.63) is 88.6 Å². The predicted octanol–water partition coefficient (Wildman–Crippen LogP) is 6.05. The minimum absolute atomic E-state index is 0.0215. The van der Waals surface area contributed by atoms with Crippen LogP contribution < -0.4 is 10.6 Å². The summed E-state index contributed by atoms with van der Waals surface area (Å²) < 4.78 is 53.1. The number of hydrogen-bond acceptors (Lipinski definition) is 7. The zero-order chi connectivity index (χ0) is 32.3. The number of piperazine rings is 1. The van der Waals surface area contributed by atoms with Crippen LogP contribution in [0.5, 0.6) is 0 Å². The third-order valence-corrected chi connectivity index (χ3v) is 8.25. The van der Waals surface area contributed by atoms with Crippen LogP contribution in [0.25, 0.3) is 38.9 Å². The third kappa shape index (κ3) is 4.84. The van der Waals surface area contributed by atoms with Crippen molar-refractivity contribution in [3.63, 3.8) is 0 Å². The lowest BCUT2D eigenvalue weighted by atomic mass is 10.0. The Hall–Kier alpha value is -5.00. The number of fused-ring (bicyclic) bond motifs is 2. The second-order valence-corrected chi connectivity index (χ2v) is 11.7. The van der Waals surface area contributed by atoms with Gasteiger partial charge in [0.1, 0.15) is 17.1 Å². The molecule has 9 nitrogen and oxygen atoms in total. The molecule has 5 aromatic rings. The van der Waals surface area contributed by atoms with E-state index < -0.39 is 34.4 Å². The zero-order valence-electron chi connectivity index (χ0n) is 25.4. The summed E-state index contributed by atoms with van der Waals surface area (Å²) in [5.41, 5.74) is -0.186. The summed E-state index contributed by atoms with van der Waals surface area (Å²) in [6.07, 6.45) is 4.12. The molecule has 0 saturated carbocycles. The van der Waals surface area contributed by atoms with Gasteiger partial charge in [-0.3, -0.25) is 9.78 Å². The van der Waals surface area contributed by atoms with Crippen molar-refractivity contribution in [2.75, 3.05) is 18.0 Å². The van der Waals surface area contributed by atoms with E-state index >= 15 is 8.78 Å². The van der Waals surface area contributed by atoms with Crippen LogP contribution in [-0.4, -0.2) is 55.5 Å². The van der Waals surface area contributed by atoms with Crippen LogP contribution in [-0.2, 0) is 4.79 Å². The van der Waals surface area contributed by atoms with Crippen molar-refractivity contribution in [1.82, 2.24) is 24.4 Å². The lowest BCUT2D eigenvalue weighted by Gasteiger charge is -2.45. The van der Waals surface area contributed by atoms with Crippen LogP contribution >= 0.6 is 0 Å². The van der Waals surface area contributed by atoms with Crippen LogP contribution in [0.15, 0.2) is 58.6 Å². The number of carbonyl (C=O) groups is 1. The molecule has 1 saturated heterocycles. The Labute approximate surface area is 256 Å². The highest BCUT2D eigenvalue weighted by Crippen LogP contribution is 2.38. The fraction of sp³-hybridized carbons (Fsp3) is 0.303.